The van der Waals surface area contributed by atoms with Crippen LogP contribution in [0.25, 0.3) is 0 Å². The lowest BCUT2D eigenvalue weighted by atomic mass is 9.90. The summed E-state index contributed by atoms with van der Waals surface area (Å²) in [4.78, 5) is 29.3. The van der Waals surface area contributed by atoms with E-state index in [1.807, 2.05) is 6.92 Å². The second-order valence-electron chi connectivity index (χ2n) is 5.40. The van der Waals surface area contributed by atoms with Crippen LogP contribution in [0.5, 0.6) is 0 Å². The van der Waals surface area contributed by atoms with Crippen LogP contribution < -0.4 is 10.2 Å². The molecule has 2 aliphatic heterocycles. The number of fused-ring (bicyclic) bond motifs is 1. The number of carbonyl (C=O) groups is 2. The summed E-state index contributed by atoms with van der Waals surface area (Å²) in [5.74, 6) is -0.923. The number of anilines is 1. The minimum Gasteiger partial charge on any atom is -0.478 e. The number of aromatic nitrogens is 1. The molecule has 0 bridgehead atoms. The average molecular weight is 275 g/mol. The Labute approximate surface area is 116 Å². The molecule has 3 heterocycles. The van der Waals surface area contributed by atoms with Gasteiger partial charge in [-0.15, -0.1) is 0 Å². The summed E-state index contributed by atoms with van der Waals surface area (Å²) < 4.78 is 0. The van der Waals surface area contributed by atoms with Crippen LogP contribution in [0.15, 0.2) is 12.3 Å². The Morgan fingerprint density at radius 2 is 2.35 bits per heavy atom. The smallest absolute Gasteiger partial charge is 0.339 e. The highest BCUT2D eigenvalue weighted by molar-refractivity contribution is 5.94. The van der Waals surface area contributed by atoms with E-state index in [1.54, 1.807) is 6.07 Å². The fourth-order valence-electron chi connectivity index (χ4n) is 3.20. The lowest BCUT2D eigenvalue weighted by Gasteiger charge is -2.38. The molecular formula is C14H17N3O3. The van der Waals surface area contributed by atoms with Gasteiger partial charge in [-0.25, -0.2) is 4.79 Å². The Hall–Kier alpha value is -2.11. The maximum atomic E-state index is 11.8. The minimum atomic E-state index is -0.980. The predicted octanol–water partition coefficient (Wildman–Crippen LogP) is 0.803. The molecule has 1 aromatic rings. The number of carboxylic acids is 1. The first-order chi connectivity index (χ1) is 9.58. The van der Waals surface area contributed by atoms with E-state index in [9.17, 15) is 14.7 Å². The highest BCUT2D eigenvalue weighted by atomic mass is 16.4. The topological polar surface area (TPSA) is 82.5 Å². The van der Waals surface area contributed by atoms with E-state index >= 15 is 0 Å². The Morgan fingerprint density at radius 1 is 1.55 bits per heavy atom. The normalized spacial score (nSPS) is 25.2. The summed E-state index contributed by atoms with van der Waals surface area (Å²) >= 11 is 0. The van der Waals surface area contributed by atoms with Gasteiger partial charge in [-0.3, -0.25) is 9.78 Å². The van der Waals surface area contributed by atoms with Crippen molar-refractivity contribution >= 4 is 17.6 Å². The van der Waals surface area contributed by atoms with E-state index in [0.717, 1.165) is 25.1 Å². The first-order valence-electron chi connectivity index (χ1n) is 6.82. The molecule has 2 saturated heterocycles. The molecule has 106 valence electrons. The molecule has 0 spiro atoms. The molecule has 20 heavy (non-hydrogen) atoms. The maximum Gasteiger partial charge on any atom is 0.339 e. The fraction of sp³-hybridized carbons (Fsp3) is 0.500. The third-order valence-electron chi connectivity index (χ3n) is 4.16. The monoisotopic (exact) mass is 275 g/mol. The van der Waals surface area contributed by atoms with Crippen LogP contribution in [-0.2, 0) is 4.79 Å². The van der Waals surface area contributed by atoms with E-state index in [4.69, 9.17) is 0 Å². The van der Waals surface area contributed by atoms with E-state index in [2.05, 4.69) is 15.2 Å². The third kappa shape index (κ3) is 2.01. The second kappa shape index (κ2) is 4.77. The number of nitrogens with one attached hydrogen (secondary N) is 1. The highest BCUT2D eigenvalue weighted by Gasteiger charge is 2.41. The first kappa shape index (κ1) is 12.9. The van der Waals surface area contributed by atoms with Crippen LogP contribution in [0.2, 0.25) is 0 Å². The van der Waals surface area contributed by atoms with Crippen LogP contribution in [0.3, 0.4) is 0 Å². The number of hydrogen-bond acceptors (Lipinski definition) is 4. The molecule has 3 rings (SSSR count). The van der Waals surface area contributed by atoms with Crippen molar-refractivity contribution in [2.45, 2.75) is 25.8 Å². The average Bonchev–Trinajstić information content (AvgIpc) is 2.80. The Balaban J connectivity index is 2.01. The zero-order chi connectivity index (χ0) is 14.3. The van der Waals surface area contributed by atoms with Gasteiger partial charge in [0, 0.05) is 25.0 Å². The van der Waals surface area contributed by atoms with Crippen LogP contribution >= 0.6 is 0 Å². The van der Waals surface area contributed by atoms with Crippen LogP contribution in [0, 0.1) is 12.8 Å². The summed E-state index contributed by atoms with van der Waals surface area (Å²) in [5.41, 5.74) is 1.66. The Bertz CT molecular complexity index is 573. The standard InChI is InChI=1S/C14H17N3O3/c1-8-5-11(10(6-15-8)14(19)20)17-4-2-3-9-12(17)7-16-13(9)18/h5-6,9,12H,2-4,7H2,1H3,(H,16,18)(H,19,20). The molecule has 2 unspecified atom stereocenters. The molecule has 2 N–H and O–H groups in total. The summed E-state index contributed by atoms with van der Waals surface area (Å²) in [6.07, 6.45) is 3.18. The predicted molar refractivity (Wildman–Crippen MR) is 72.8 cm³/mol. The highest BCUT2D eigenvalue weighted by Crippen LogP contribution is 2.33. The number of hydrogen-bond donors (Lipinski definition) is 2. The van der Waals surface area contributed by atoms with Crippen molar-refractivity contribution in [1.29, 1.82) is 0 Å². The van der Waals surface area contributed by atoms with Crippen molar-refractivity contribution in [1.82, 2.24) is 10.3 Å². The summed E-state index contributed by atoms with van der Waals surface area (Å²) in [5, 5.41) is 12.2. The number of nitrogens with zero attached hydrogens (tertiary/aromatic N) is 2. The summed E-state index contributed by atoms with van der Waals surface area (Å²) in [6, 6.07) is 1.85. The van der Waals surface area contributed by atoms with Gasteiger partial charge in [0.2, 0.25) is 5.91 Å². The third-order valence-corrected chi connectivity index (χ3v) is 4.16. The van der Waals surface area contributed by atoms with Gasteiger partial charge >= 0.3 is 5.97 Å². The fourth-order valence-corrected chi connectivity index (χ4v) is 3.20. The molecule has 0 aliphatic carbocycles. The zero-order valence-electron chi connectivity index (χ0n) is 11.3. The SMILES string of the molecule is Cc1cc(N2CCCC3C(=O)NCC32)c(C(=O)O)cn1. The van der Waals surface area contributed by atoms with Gasteiger partial charge in [-0.2, -0.15) is 0 Å². The van der Waals surface area contributed by atoms with Gasteiger partial charge in [0.15, 0.2) is 0 Å². The molecule has 2 atom stereocenters. The molecule has 0 radical (unpaired) electrons. The Kier molecular flexibility index (Phi) is 3.08. The van der Waals surface area contributed by atoms with E-state index in [0.29, 0.717) is 12.2 Å². The molecule has 2 aliphatic rings. The van der Waals surface area contributed by atoms with Crippen LogP contribution in [-0.4, -0.2) is 41.1 Å². The van der Waals surface area contributed by atoms with Crippen molar-refractivity contribution < 1.29 is 14.7 Å². The van der Waals surface area contributed by atoms with Crippen LogP contribution in [0.4, 0.5) is 5.69 Å². The van der Waals surface area contributed by atoms with Crippen LogP contribution in [0.1, 0.15) is 28.9 Å². The molecular weight excluding hydrogens is 258 g/mol. The number of carbonyl (C=O) groups excluding carboxylic acids is 1. The molecule has 1 amide bonds. The number of rotatable bonds is 2. The van der Waals surface area contributed by atoms with Gasteiger partial charge in [0.1, 0.15) is 5.56 Å². The second-order valence-corrected chi connectivity index (χ2v) is 5.40. The van der Waals surface area contributed by atoms with Crippen molar-refractivity contribution in [3.8, 4) is 0 Å². The molecule has 1 aromatic heterocycles. The van der Waals surface area contributed by atoms with Gasteiger partial charge in [0.25, 0.3) is 0 Å². The van der Waals surface area contributed by atoms with Gasteiger partial charge < -0.3 is 15.3 Å². The minimum absolute atomic E-state index is 0.0288. The maximum absolute atomic E-state index is 11.8. The van der Waals surface area contributed by atoms with E-state index < -0.39 is 5.97 Å². The Morgan fingerprint density at radius 3 is 3.10 bits per heavy atom. The quantitative estimate of drug-likeness (QED) is 0.834. The molecule has 6 nitrogen and oxygen atoms in total. The number of pyridine rings is 1. The summed E-state index contributed by atoms with van der Waals surface area (Å²) in [6.45, 7) is 3.21. The van der Waals surface area contributed by atoms with E-state index in [1.165, 1.54) is 6.20 Å². The zero-order valence-corrected chi connectivity index (χ0v) is 11.3. The van der Waals surface area contributed by atoms with Crippen molar-refractivity contribution in [3.63, 3.8) is 0 Å². The van der Waals surface area contributed by atoms with Crippen molar-refractivity contribution in [2.24, 2.45) is 5.92 Å². The first-order valence-corrected chi connectivity index (χ1v) is 6.82. The molecule has 0 aromatic carbocycles. The number of aryl methyl sites for hydroxylation is 1. The van der Waals surface area contributed by atoms with E-state index in [-0.39, 0.29) is 23.4 Å². The molecule has 2 fully saturated rings. The van der Waals surface area contributed by atoms with Crippen molar-refractivity contribution in [2.75, 3.05) is 18.0 Å². The largest absolute Gasteiger partial charge is 0.478 e. The molecule has 0 saturated carbocycles. The summed E-state index contributed by atoms with van der Waals surface area (Å²) in [7, 11) is 0. The number of carboxylic acid groups (broad SMARTS) is 1. The van der Waals surface area contributed by atoms with Crippen molar-refractivity contribution in [3.05, 3.63) is 23.5 Å². The molecule has 6 heteroatoms. The lowest BCUT2D eigenvalue weighted by molar-refractivity contribution is -0.122. The van der Waals surface area contributed by atoms with Gasteiger partial charge in [-0.1, -0.05) is 0 Å². The van der Waals surface area contributed by atoms with Gasteiger partial charge in [0.05, 0.1) is 17.6 Å². The van der Waals surface area contributed by atoms with Gasteiger partial charge in [-0.05, 0) is 25.8 Å². The number of aromatic carboxylic acids is 1. The number of piperidine rings is 1. The lowest BCUT2D eigenvalue weighted by Crippen LogP contribution is -2.46. The number of amides is 1.